The van der Waals surface area contributed by atoms with Crippen LogP contribution < -0.4 is 0 Å². The highest BCUT2D eigenvalue weighted by Gasteiger charge is 2.30. The first-order valence-corrected chi connectivity index (χ1v) is 7.95. The molecule has 0 radical (unpaired) electrons. The average Bonchev–Trinajstić information content (AvgIpc) is 2.54. The van der Waals surface area contributed by atoms with Crippen molar-refractivity contribution >= 4 is 23.3 Å². The summed E-state index contributed by atoms with van der Waals surface area (Å²) in [6.45, 7) is 0. The number of allylic oxidation sites excluding steroid dienone is 2. The Bertz CT molecular complexity index is 617. The molecule has 0 saturated heterocycles. The third kappa shape index (κ3) is 3.80. The summed E-state index contributed by atoms with van der Waals surface area (Å²) in [6.07, 6.45) is 3.20. The van der Waals surface area contributed by atoms with Crippen molar-refractivity contribution in [2.24, 2.45) is 0 Å². The van der Waals surface area contributed by atoms with Gasteiger partial charge in [-0.05, 0) is 24.2 Å². The van der Waals surface area contributed by atoms with Gasteiger partial charge >= 0.3 is 0 Å². The minimum absolute atomic E-state index is 0.0134. The van der Waals surface area contributed by atoms with E-state index in [4.69, 9.17) is 9.47 Å². The van der Waals surface area contributed by atoms with Crippen LogP contribution in [0.5, 0.6) is 0 Å². The van der Waals surface area contributed by atoms with Gasteiger partial charge in [-0.3, -0.25) is 9.59 Å². The molecule has 0 heterocycles. The Morgan fingerprint density at radius 3 is 2.32 bits per heavy atom. The van der Waals surface area contributed by atoms with Crippen LogP contribution in [0.1, 0.15) is 12.0 Å². The molecule has 5 heteroatoms. The van der Waals surface area contributed by atoms with Crippen LogP contribution >= 0.6 is 11.8 Å². The topological polar surface area (TPSA) is 52.6 Å². The molecule has 0 amide bonds. The highest BCUT2D eigenvalue weighted by Crippen LogP contribution is 2.28. The zero-order chi connectivity index (χ0) is 15.9. The Hall–Kier alpha value is -2.01. The Labute approximate surface area is 134 Å². The second-order valence-electron chi connectivity index (χ2n) is 4.71. The summed E-state index contributed by atoms with van der Waals surface area (Å²) in [6, 6.07) is 10.2. The number of rotatable bonds is 7. The quantitative estimate of drug-likeness (QED) is 0.571. The van der Waals surface area contributed by atoms with Gasteiger partial charge < -0.3 is 9.47 Å². The van der Waals surface area contributed by atoms with Crippen molar-refractivity contribution in [2.75, 3.05) is 20.0 Å². The normalized spacial score (nSPS) is 14.9. The maximum Gasteiger partial charge on any atom is 0.238 e. The minimum Gasteiger partial charge on any atom is -0.490 e. The van der Waals surface area contributed by atoms with Crippen LogP contribution in [0.25, 0.3) is 0 Å². The molecule has 1 aromatic carbocycles. The van der Waals surface area contributed by atoms with E-state index in [1.807, 2.05) is 18.2 Å². The molecule has 0 fully saturated rings. The van der Waals surface area contributed by atoms with E-state index in [1.54, 1.807) is 0 Å². The molecule has 0 aromatic heterocycles. The van der Waals surface area contributed by atoms with Crippen molar-refractivity contribution in [1.29, 1.82) is 0 Å². The monoisotopic (exact) mass is 318 g/mol. The number of ketones is 2. The Balaban J connectivity index is 1.91. The Kier molecular flexibility index (Phi) is 5.83. The van der Waals surface area contributed by atoms with E-state index in [0.717, 1.165) is 18.6 Å². The maximum absolute atomic E-state index is 12.2. The minimum atomic E-state index is -0.329. The number of benzene rings is 1. The first kappa shape index (κ1) is 16.4. The van der Waals surface area contributed by atoms with Gasteiger partial charge in [0.15, 0.2) is 0 Å². The number of ether oxygens (including phenoxy) is 2. The van der Waals surface area contributed by atoms with Crippen molar-refractivity contribution in [2.45, 2.75) is 12.8 Å². The molecule has 1 aromatic rings. The third-order valence-electron chi connectivity index (χ3n) is 3.24. The summed E-state index contributed by atoms with van der Waals surface area (Å²) >= 11 is 1.38. The number of aryl methyl sites for hydroxylation is 1. The van der Waals surface area contributed by atoms with Crippen molar-refractivity contribution < 1.29 is 19.1 Å². The number of carbonyl (C=O) groups is 2. The molecule has 1 aliphatic carbocycles. The van der Waals surface area contributed by atoms with Gasteiger partial charge in [0, 0.05) is 6.08 Å². The van der Waals surface area contributed by atoms with Crippen LogP contribution in [-0.4, -0.2) is 31.5 Å². The van der Waals surface area contributed by atoms with Crippen LogP contribution in [-0.2, 0) is 25.5 Å². The molecule has 0 spiro atoms. The number of hydrogen-bond acceptors (Lipinski definition) is 5. The highest BCUT2D eigenvalue weighted by molar-refractivity contribution is 8.04. The second kappa shape index (κ2) is 7.84. The van der Waals surface area contributed by atoms with Crippen molar-refractivity contribution in [3.8, 4) is 0 Å². The zero-order valence-electron chi connectivity index (χ0n) is 12.6. The van der Waals surface area contributed by atoms with Crippen LogP contribution in [0.2, 0.25) is 0 Å². The largest absolute Gasteiger partial charge is 0.490 e. The summed E-state index contributed by atoms with van der Waals surface area (Å²) in [5.74, 6) is 0.105. The van der Waals surface area contributed by atoms with E-state index in [0.29, 0.717) is 4.91 Å². The summed E-state index contributed by atoms with van der Waals surface area (Å²) in [4.78, 5) is 24.5. The number of methoxy groups -OCH3 is 2. The van der Waals surface area contributed by atoms with Crippen molar-refractivity contribution in [1.82, 2.24) is 0 Å². The maximum atomic E-state index is 12.2. The second-order valence-corrected chi connectivity index (χ2v) is 5.84. The Morgan fingerprint density at radius 1 is 1.00 bits per heavy atom. The van der Waals surface area contributed by atoms with Crippen LogP contribution in [0.15, 0.2) is 52.8 Å². The molecular weight excluding hydrogens is 300 g/mol. The summed E-state index contributed by atoms with van der Waals surface area (Å²) in [7, 11) is 2.72. The molecule has 22 heavy (non-hydrogen) atoms. The van der Waals surface area contributed by atoms with Gasteiger partial charge in [-0.25, -0.2) is 0 Å². The highest BCUT2D eigenvalue weighted by atomic mass is 32.2. The van der Waals surface area contributed by atoms with Crippen LogP contribution in [0.3, 0.4) is 0 Å². The fourth-order valence-electron chi connectivity index (χ4n) is 2.17. The van der Waals surface area contributed by atoms with E-state index in [-0.39, 0.29) is 23.1 Å². The standard InChI is InChI=1S/C17H18O4S/c1-20-16-13(18)11-14(15(19)17(16)21-2)22-10-6-9-12-7-4-3-5-8-12/h3-5,7-8,11H,6,9-10H2,1-2H3. The molecule has 0 aliphatic heterocycles. The van der Waals surface area contributed by atoms with E-state index in [9.17, 15) is 9.59 Å². The molecular formula is C17H18O4S. The smallest absolute Gasteiger partial charge is 0.238 e. The van der Waals surface area contributed by atoms with Gasteiger partial charge in [0.05, 0.1) is 19.1 Å². The summed E-state index contributed by atoms with van der Waals surface area (Å²) in [5.41, 5.74) is 1.27. The van der Waals surface area contributed by atoms with Gasteiger partial charge in [0.2, 0.25) is 23.1 Å². The van der Waals surface area contributed by atoms with Crippen LogP contribution in [0.4, 0.5) is 0 Å². The number of thioether (sulfide) groups is 1. The lowest BCUT2D eigenvalue weighted by Crippen LogP contribution is -2.20. The first-order chi connectivity index (χ1) is 10.7. The van der Waals surface area contributed by atoms with E-state index >= 15 is 0 Å². The zero-order valence-corrected chi connectivity index (χ0v) is 13.4. The molecule has 0 saturated carbocycles. The van der Waals surface area contributed by atoms with Gasteiger partial charge in [-0.1, -0.05) is 30.3 Å². The lowest BCUT2D eigenvalue weighted by atomic mass is 10.1. The number of Topliss-reactive ketones (excluding diaryl/α,β-unsaturated/α-hetero) is 1. The Morgan fingerprint density at radius 2 is 1.68 bits per heavy atom. The fourth-order valence-corrected chi connectivity index (χ4v) is 3.09. The molecule has 0 atom stereocenters. The SMILES string of the molecule is COC1=C(OC)C(=O)C(SCCCc2ccccc2)=CC1=O. The molecule has 4 nitrogen and oxygen atoms in total. The van der Waals surface area contributed by atoms with Crippen molar-refractivity contribution in [3.63, 3.8) is 0 Å². The summed E-state index contributed by atoms with van der Waals surface area (Å²) < 4.78 is 9.95. The number of hydrogen-bond donors (Lipinski definition) is 0. The molecule has 116 valence electrons. The van der Waals surface area contributed by atoms with E-state index in [2.05, 4.69) is 12.1 Å². The lowest BCUT2D eigenvalue weighted by molar-refractivity contribution is -0.119. The van der Waals surface area contributed by atoms with Crippen molar-refractivity contribution in [3.05, 3.63) is 58.4 Å². The van der Waals surface area contributed by atoms with Gasteiger partial charge in [-0.2, -0.15) is 0 Å². The number of carbonyl (C=O) groups excluding carboxylic acids is 2. The lowest BCUT2D eigenvalue weighted by Gasteiger charge is -2.16. The molecule has 2 rings (SSSR count). The van der Waals surface area contributed by atoms with Gasteiger partial charge in [-0.15, -0.1) is 11.8 Å². The molecule has 0 bridgehead atoms. The average molecular weight is 318 g/mol. The summed E-state index contributed by atoms with van der Waals surface area (Å²) in [5, 5.41) is 0. The van der Waals surface area contributed by atoms with E-state index < -0.39 is 0 Å². The van der Waals surface area contributed by atoms with E-state index in [1.165, 1.54) is 37.6 Å². The third-order valence-corrected chi connectivity index (χ3v) is 4.35. The molecule has 0 unspecified atom stereocenters. The van der Waals surface area contributed by atoms with Gasteiger partial charge in [0.1, 0.15) is 0 Å². The first-order valence-electron chi connectivity index (χ1n) is 6.97. The van der Waals surface area contributed by atoms with Crippen LogP contribution in [0, 0.1) is 0 Å². The van der Waals surface area contributed by atoms with Gasteiger partial charge in [0.25, 0.3) is 0 Å². The predicted octanol–water partition coefficient (Wildman–Crippen LogP) is 2.89. The predicted molar refractivity (Wildman–Crippen MR) is 86.4 cm³/mol. The fraction of sp³-hybridized carbons (Fsp3) is 0.294. The molecule has 1 aliphatic rings. The molecule has 0 N–H and O–H groups in total.